The van der Waals surface area contributed by atoms with Crippen LogP contribution >= 0.6 is 11.6 Å². The summed E-state index contributed by atoms with van der Waals surface area (Å²) in [4.78, 5) is 8.33. The molecular weight excluding hydrogens is 388 g/mol. The van der Waals surface area contributed by atoms with Gasteiger partial charge in [-0.1, -0.05) is 35.0 Å². The molecule has 0 aliphatic rings. The van der Waals surface area contributed by atoms with Crippen LogP contribution in [0.4, 0.5) is 0 Å². The van der Waals surface area contributed by atoms with E-state index in [9.17, 15) is 0 Å². The van der Waals surface area contributed by atoms with E-state index in [1.165, 1.54) is 0 Å². The van der Waals surface area contributed by atoms with Gasteiger partial charge in [0, 0.05) is 17.4 Å². The van der Waals surface area contributed by atoms with Crippen LogP contribution in [0.25, 0.3) is 28.5 Å². The van der Waals surface area contributed by atoms with E-state index < -0.39 is 0 Å². The zero-order chi connectivity index (χ0) is 19.9. The van der Waals surface area contributed by atoms with Crippen LogP contribution in [0.15, 0.2) is 85.5 Å². The van der Waals surface area contributed by atoms with Crippen molar-refractivity contribution in [2.75, 3.05) is 0 Å². The Morgan fingerprint density at radius 3 is 2.17 bits per heavy atom. The molecule has 0 fully saturated rings. The number of hydrogen-bond donors (Lipinski definition) is 1. The Morgan fingerprint density at radius 2 is 1.55 bits per heavy atom. The highest BCUT2D eigenvalue weighted by molar-refractivity contribution is 6.30. The highest BCUT2D eigenvalue weighted by atomic mass is 35.5. The number of hydrogen-bond acceptors (Lipinski definition) is 6. The monoisotopic (exact) mass is 402 g/mol. The first-order valence-corrected chi connectivity index (χ1v) is 9.04. The van der Waals surface area contributed by atoms with Crippen LogP contribution < -0.4 is 0 Å². The summed E-state index contributed by atoms with van der Waals surface area (Å²) in [5.41, 5.74) is 4.00. The molecular formula is C20H15ClN8. The Hall–Kier alpha value is -3.91. The van der Waals surface area contributed by atoms with Gasteiger partial charge in [0.25, 0.3) is 0 Å². The van der Waals surface area contributed by atoms with Gasteiger partial charge in [-0.3, -0.25) is 9.97 Å². The molecule has 1 N–H and O–H groups in total. The molecule has 0 aliphatic heterocycles. The molecule has 8 nitrogen and oxygen atoms in total. The summed E-state index contributed by atoms with van der Waals surface area (Å²) in [5.74, 6) is 0. The molecule has 4 heterocycles. The predicted octanol–water partition coefficient (Wildman–Crippen LogP) is 3.85. The summed E-state index contributed by atoms with van der Waals surface area (Å²) in [7, 11) is 0. The number of H-pyrrole nitrogens is 1. The average molecular weight is 403 g/mol. The van der Waals surface area contributed by atoms with Gasteiger partial charge in [-0.15, -0.1) is 5.10 Å². The van der Waals surface area contributed by atoms with E-state index in [0.717, 1.165) is 28.5 Å². The van der Waals surface area contributed by atoms with Crippen molar-refractivity contribution in [3.8, 4) is 28.5 Å². The molecule has 0 spiro atoms. The molecule has 0 atom stereocenters. The molecule has 0 aliphatic carbocycles. The largest absolute Gasteiger partial charge is 0.254 e. The van der Waals surface area contributed by atoms with Crippen LogP contribution in [-0.4, -0.2) is 40.4 Å². The molecule has 142 valence electrons. The predicted molar refractivity (Wildman–Crippen MR) is 109 cm³/mol. The molecule has 5 rings (SSSR count). The number of nitrogens with zero attached hydrogens (tertiary/aromatic N) is 7. The van der Waals surface area contributed by atoms with E-state index in [1.54, 1.807) is 23.3 Å². The molecule has 0 bridgehead atoms. The lowest BCUT2D eigenvalue weighted by atomic mass is 10.3. The van der Waals surface area contributed by atoms with Crippen LogP contribution in [-0.2, 0) is 0 Å². The van der Waals surface area contributed by atoms with E-state index in [-0.39, 0.29) is 0 Å². The first-order valence-electron chi connectivity index (χ1n) is 8.66. The Balaban J connectivity index is 0.000000159. The van der Waals surface area contributed by atoms with Crippen molar-refractivity contribution < 1.29 is 0 Å². The van der Waals surface area contributed by atoms with Crippen LogP contribution in [0.5, 0.6) is 0 Å². The zero-order valence-electron chi connectivity index (χ0n) is 15.1. The van der Waals surface area contributed by atoms with E-state index in [0.29, 0.717) is 5.02 Å². The van der Waals surface area contributed by atoms with Gasteiger partial charge in [0.15, 0.2) is 0 Å². The van der Waals surface area contributed by atoms with Crippen molar-refractivity contribution in [2.24, 2.45) is 0 Å². The van der Waals surface area contributed by atoms with Crippen molar-refractivity contribution in [1.82, 2.24) is 40.4 Å². The van der Waals surface area contributed by atoms with E-state index in [1.807, 2.05) is 66.9 Å². The third-order valence-corrected chi connectivity index (χ3v) is 4.07. The fourth-order valence-corrected chi connectivity index (χ4v) is 2.66. The summed E-state index contributed by atoms with van der Waals surface area (Å²) in [5, 5.41) is 18.9. The highest BCUT2D eigenvalue weighted by Crippen LogP contribution is 2.17. The smallest absolute Gasteiger partial charge is 0.131 e. The molecule has 9 heteroatoms. The Morgan fingerprint density at radius 1 is 0.793 bits per heavy atom. The van der Waals surface area contributed by atoms with Gasteiger partial charge in [0.05, 0.1) is 29.5 Å². The Bertz CT molecular complexity index is 1160. The summed E-state index contributed by atoms with van der Waals surface area (Å²) in [6, 6.07) is 18.8. The first kappa shape index (κ1) is 18.5. The number of pyridine rings is 2. The molecule has 0 amide bonds. The van der Waals surface area contributed by atoms with Gasteiger partial charge in [-0.2, -0.15) is 15.4 Å². The van der Waals surface area contributed by atoms with E-state index in [4.69, 9.17) is 11.6 Å². The second-order valence-electron chi connectivity index (χ2n) is 5.81. The summed E-state index contributed by atoms with van der Waals surface area (Å²) >= 11 is 5.94. The molecule has 0 unspecified atom stereocenters. The molecule has 5 aromatic rings. The number of benzene rings is 1. The number of aromatic nitrogens is 8. The summed E-state index contributed by atoms with van der Waals surface area (Å²) in [6.07, 6.45) is 6.92. The topological polar surface area (TPSA) is 98.1 Å². The van der Waals surface area contributed by atoms with Gasteiger partial charge < -0.3 is 0 Å². The molecule has 0 saturated heterocycles. The SMILES string of the molecule is Clc1cccc(-n2cc(-c3ccccn3)nn2)c1.c1ccc(-c2cn[nH]n2)nc1. The van der Waals surface area contributed by atoms with Gasteiger partial charge in [0.2, 0.25) is 0 Å². The second kappa shape index (κ2) is 8.85. The van der Waals surface area contributed by atoms with Crippen LogP contribution in [0, 0.1) is 0 Å². The summed E-state index contributed by atoms with van der Waals surface area (Å²) in [6.45, 7) is 0. The van der Waals surface area contributed by atoms with E-state index in [2.05, 4.69) is 35.7 Å². The lowest BCUT2D eigenvalue weighted by molar-refractivity contribution is 0.804. The standard InChI is InChI=1S/C13H9ClN4.C7H6N4/c14-10-4-3-5-11(8-10)18-9-13(16-17-18)12-6-1-2-7-15-12;1-2-4-8-6(3-1)7-5-9-11-10-7/h1-9H;1-5H,(H,9,10,11). The number of halogens is 1. The molecule has 0 saturated carbocycles. The minimum absolute atomic E-state index is 0.669. The van der Waals surface area contributed by atoms with Crippen molar-refractivity contribution in [2.45, 2.75) is 0 Å². The number of aromatic amines is 1. The van der Waals surface area contributed by atoms with Crippen molar-refractivity contribution in [3.05, 3.63) is 90.5 Å². The highest BCUT2D eigenvalue weighted by Gasteiger charge is 2.06. The first-order chi connectivity index (χ1) is 14.3. The quantitative estimate of drug-likeness (QED) is 0.492. The molecule has 4 aromatic heterocycles. The average Bonchev–Trinajstić information content (AvgIpc) is 3.48. The van der Waals surface area contributed by atoms with E-state index >= 15 is 0 Å². The minimum Gasteiger partial charge on any atom is -0.254 e. The lowest BCUT2D eigenvalue weighted by Gasteiger charge is -1.99. The van der Waals surface area contributed by atoms with Crippen LogP contribution in [0.2, 0.25) is 5.02 Å². The van der Waals surface area contributed by atoms with Crippen LogP contribution in [0.1, 0.15) is 0 Å². The number of nitrogens with one attached hydrogen (secondary N) is 1. The maximum atomic E-state index is 5.94. The second-order valence-corrected chi connectivity index (χ2v) is 6.25. The third kappa shape index (κ3) is 4.69. The Labute approximate surface area is 171 Å². The minimum atomic E-state index is 0.669. The fourth-order valence-electron chi connectivity index (χ4n) is 2.48. The zero-order valence-corrected chi connectivity index (χ0v) is 15.8. The maximum absolute atomic E-state index is 5.94. The normalized spacial score (nSPS) is 10.2. The van der Waals surface area contributed by atoms with Gasteiger partial charge in [-0.25, -0.2) is 4.68 Å². The van der Waals surface area contributed by atoms with Gasteiger partial charge in [0.1, 0.15) is 11.4 Å². The molecule has 0 radical (unpaired) electrons. The van der Waals surface area contributed by atoms with Crippen LogP contribution in [0.3, 0.4) is 0 Å². The fraction of sp³-hybridized carbons (Fsp3) is 0. The van der Waals surface area contributed by atoms with Gasteiger partial charge in [-0.05, 0) is 42.5 Å². The Kier molecular flexibility index (Phi) is 5.63. The van der Waals surface area contributed by atoms with Crippen molar-refractivity contribution >= 4 is 11.6 Å². The van der Waals surface area contributed by atoms with Gasteiger partial charge >= 0.3 is 0 Å². The third-order valence-electron chi connectivity index (χ3n) is 3.84. The molecule has 29 heavy (non-hydrogen) atoms. The van der Waals surface area contributed by atoms with Crippen molar-refractivity contribution in [3.63, 3.8) is 0 Å². The number of rotatable bonds is 3. The lowest BCUT2D eigenvalue weighted by Crippen LogP contribution is -1.93. The maximum Gasteiger partial charge on any atom is 0.131 e. The summed E-state index contributed by atoms with van der Waals surface area (Å²) < 4.78 is 1.68. The van der Waals surface area contributed by atoms with Crippen molar-refractivity contribution in [1.29, 1.82) is 0 Å². The molecule has 1 aromatic carbocycles.